The zero-order chi connectivity index (χ0) is 8.16. The molecule has 1 aliphatic heterocycles. The zero-order valence-electron chi connectivity index (χ0n) is 7.81. The molecule has 0 atom stereocenters. The second-order valence-corrected chi connectivity index (χ2v) is 3.43. The van der Waals surface area contributed by atoms with Crippen molar-refractivity contribution in [1.82, 2.24) is 0 Å². The largest absolute Gasteiger partial charge is 0.332 e. The summed E-state index contributed by atoms with van der Waals surface area (Å²) in [6.07, 6.45) is 2.78. The van der Waals surface area contributed by atoms with E-state index < -0.39 is 0 Å². The molecule has 0 N–H and O–H groups in total. The molecule has 1 heterocycles. The van der Waals surface area contributed by atoms with Crippen LogP contribution in [0.25, 0.3) is 0 Å². The molecule has 1 fully saturated rings. The summed E-state index contributed by atoms with van der Waals surface area (Å²) >= 11 is 0. The lowest BCUT2D eigenvalue weighted by molar-refractivity contribution is -0.933. The van der Waals surface area contributed by atoms with Gasteiger partial charge in [-0.25, -0.2) is 0 Å². The molecule has 1 rings (SSSR count). The minimum absolute atomic E-state index is 0.861. The molecule has 66 valence electrons. The number of nitrogens with zero attached hydrogens (tertiary/aromatic N) is 1. The van der Waals surface area contributed by atoms with Gasteiger partial charge in [-0.1, -0.05) is 0 Å². The van der Waals surface area contributed by atoms with Gasteiger partial charge in [0.25, 0.3) is 0 Å². The monoisotopic (exact) mass is 158 g/mol. The molecule has 0 aliphatic carbocycles. The smallest absolute Gasteiger partial charge is 0.183 e. The Morgan fingerprint density at radius 1 is 1.18 bits per heavy atom. The third kappa shape index (κ3) is 2.17. The highest BCUT2D eigenvalue weighted by Gasteiger charge is 2.29. The van der Waals surface area contributed by atoms with Gasteiger partial charge in [-0.15, -0.1) is 0 Å². The highest BCUT2D eigenvalue weighted by atomic mass is 16.5. The van der Waals surface area contributed by atoms with E-state index in [1.807, 2.05) is 0 Å². The molecule has 0 aromatic rings. The van der Waals surface area contributed by atoms with E-state index >= 15 is 0 Å². The van der Waals surface area contributed by atoms with Gasteiger partial charge in [0.2, 0.25) is 0 Å². The van der Waals surface area contributed by atoms with E-state index in [0.29, 0.717) is 0 Å². The maximum atomic E-state index is 5.48. The van der Waals surface area contributed by atoms with E-state index in [9.17, 15) is 0 Å². The fraction of sp³-hybridized carbons (Fsp3) is 1.00. The van der Waals surface area contributed by atoms with Crippen molar-refractivity contribution in [3.8, 4) is 0 Å². The first-order valence-corrected chi connectivity index (χ1v) is 4.76. The van der Waals surface area contributed by atoms with Gasteiger partial charge in [0, 0.05) is 19.4 Å². The number of quaternary nitrogens is 1. The summed E-state index contributed by atoms with van der Waals surface area (Å²) in [5, 5.41) is 0. The standard InChI is InChI=1S/C9H20NO/c1-3-10(9-11-4-2)7-5-6-8-10/h3-9H2,1-2H3/q+1. The van der Waals surface area contributed by atoms with E-state index in [-0.39, 0.29) is 0 Å². The molecule has 1 saturated heterocycles. The first-order chi connectivity index (χ1) is 5.33. The van der Waals surface area contributed by atoms with Crippen LogP contribution in [-0.4, -0.2) is 37.5 Å². The second kappa shape index (κ2) is 4.07. The Morgan fingerprint density at radius 2 is 1.82 bits per heavy atom. The fourth-order valence-electron chi connectivity index (χ4n) is 1.83. The average Bonchev–Trinajstić information content (AvgIpc) is 2.50. The molecule has 1 aliphatic rings. The van der Waals surface area contributed by atoms with E-state index in [2.05, 4.69) is 13.8 Å². The summed E-state index contributed by atoms with van der Waals surface area (Å²) in [7, 11) is 0. The summed E-state index contributed by atoms with van der Waals surface area (Å²) in [6, 6.07) is 0. The summed E-state index contributed by atoms with van der Waals surface area (Å²) in [5.74, 6) is 0. The Balaban J connectivity index is 2.33. The number of hydrogen-bond acceptors (Lipinski definition) is 1. The van der Waals surface area contributed by atoms with Gasteiger partial charge in [0.05, 0.1) is 19.6 Å². The molecule has 0 bridgehead atoms. The van der Waals surface area contributed by atoms with Crippen molar-refractivity contribution in [2.24, 2.45) is 0 Å². The summed E-state index contributed by atoms with van der Waals surface area (Å²) in [6.45, 7) is 10.0. The molecule has 0 aromatic heterocycles. The summed E-state index contributed by atoms with van der Waals surface area (Å²) < 4.78 is 6.69. The SMILES string of the molecule is CCOC[N+]1(CC)CCCC1. The molecule has 0 amide bonds. The van der Waals surface area contributed by atoms with E-state index in [4.69, 9.17) is 4.74 Å². The van der Waals surface area contributed by atoms with E-state index in [1.165, 1.54) is 37.0 Å². The van der Waals surface area contributed by atoms with E-state index in [0.717, 1.165) is 13.3 Å². The Hall–Kier alpha value is -0.0800. The van der Waals surface area contributed by atoms with Crippen molar-refractivity contribution in [3.63, 3.8) is 0 Å². The van der Waals surface area contributed by atoms with Gasteiger partial charge < -0.3 is 9.22 Å². The molecule has 11 heavy (non-hydrogen) atoms. The lowest BCUT2D eigenvalue weighted by atomic mass is 10.4. The van der Waals surface area contributed by atoms with Crippen LogP contribution >= 0.6 is 0 Å². The van der Waals surface area contributed by atoms with Crippen molar-refractivity contribution in [3.05, 3.63) is 0 Å². The van der Waals surface area contributed by atoms with Gasteiger partial charge in [-0.05, 0) is 13.8 Å². The van der Waals surface area contributed by atoms with Gasteiger partial charge >= 0.3 is 0 Å². The van der Waals surface area contributed by atoms with Gasteiger partial charge in [-0.2, -0.15) is 0 Å². The van der Waals surface area contributed by atoms with Gasteiger partial charge in [-0.3, -0.25) is 0 Å². The molecule has 2 heteroatoms. The molecule has 0 aromatic carbocycles. The highest BCUT2D eigenvalue weighted by molar-refractivity contribution is 4.50. The van der Waals surface area contributed by atoms with Crippen LogP contribution in [0.2, 0.25) is 0 Å². The van der Waals surface area contributed by atoms with Crippen LogP contribution in [0.4, 0.5) is 0 Å². The topological polar surface area (TPSA) is 9.23 Å². The molecular weight excluding hydrogens is 138 g/mol. The van der Waals surface area contributed by atoms with Crippen molar-refractivity contribution in [1.29, 1.82) is 0 Å². The van der Waals surface area contributed by atoms with Crippen molar-refractivity contribution < 1.29 is 9.22 Å². The molecular formula is C9H20NO+. The third-order valence-electron chi connectivity index (χ3n) is 2.76. The lowest BCUT2D eigenvalue weighted by Crippen LogP contribution is -2.46. The van der Waals surface area contributed by atoms with Crippen molar-refractivity contribution in [2.45, 2.75) is 26.7 Å². The van der Waals surface area contributed by atoms with Crippen LogP contribution in [0, 0.1) is 0 Å². The lowest BCUT2D eigenvalue weighted by Gasteiger charge is -2.32. The van der Waals surface area contributed by atoms with Crippen LogP contribution in [0.5, 0.6) is 0 Å². The first-order valence-electron chi connectivity index (χ1n) is 4.76. The minimum Gasteiger partial charge on any atom is -0.332 e. The molecule has 0 saturated carbocycles. The fourth-order valence-corrected chi connectivity index (χ4v) is 1.83. The quantitative estimate of drug-likeness (QED) is 0.565. The first kappa shape index (κ1) is 9.01. The second-order valence-electron chi connectivity index (χ2n) is 3.43. The zero-order valence-corrected chi connectivity index (χ0v) is 7.81. The summed E-state index contributed by atoms with van der Waals surface area (Å²) in [5.41, 5.74) is 0. The maximum Gasteiger partial charge on any atom is 0.183 e. The van der Waals surface area contributed by atoms with Crippen LogP contribution in [-0.2, 0) is 4.74 Å². The van der Waals surface area contributed by atoms with Crippen LogP contribution in [0.1, 0.15) is 26.7 Å². The average molecular weight is 158 g/mol. The Labute approximate surface area is 69.7 Å². The Kier molecular flexibility index (Phi) is 3.34. The normalized spacial score (nSPS) is 22.4. The Bertz CT molecular complexity index is 108. The minimum atomic E-state index is 0.861. The van der Waals surface area contributed by atoms with Crippen molar-refractivity contribution in [2.75, 3.05) is 33.0 Å². The third-order valence-corrected chi connectivity index (χ3v) is 2.76. The van der Waals surface area contributed by atoms with Crippen LogP contribution in [0.15, 0.2) is 0 Å². The predicted octanol–water partition coefficient (Wildman–Crippen LogP) is 1.61. The number of rotatable bonds is 4. The predicted molar refractivity (Wildman–Crippen MR) is 46.3 cm³/mol. The molecule has 0 spiro atoms. The van der Waals surface area contributed by atoms with Crippen LogP contribution in [0.3, 0.4) is 0 Å². The van der Waals surface area contributed by atoms with Crippen LogP contribution < -0.4 is 0 Å². The molecule has 0 unspecified atom stereocenters. The van der Waals surface area contributed by atoms with Gasteiger partial charge in [0.1, 0.15) is 0 Å². The maximum absolute atomic E-state index is 5.48. The highest BCUT2D eigenvalue weighted by Crippen LogP contribution is 2.18. The summed E-state index contributed by atoms with van der Waals surface area (Å²) in [4.78, 5) is 0. The number of hydrogen-bond donors (Lipinski definition) is 0. The van der Waals surface area contributed by atoms with Gasteiger partial charge in [0.15, 0.2) is 6.73 Å². The molecule has 2 nitrogen and oxygen atoms in total. The number of likely N-dealkylation sites (tertiary alicyclic amines) is 1. The Morgan fingerprint density at radius 3 is 2.27 bits per heavy atom. The molecule has 0 radical (unpaired) electrons. The van der Waals surface area contributed by atoms with E-state index in [1.54, 1.807) is 0 Å². The van der Waals surface area contributed by atoms with Crippen molar-refractivity contribution >= 4 is 0 Å². The number of ether oxygens (including phenoxy) is 1.